The van der Waals surface area contributed by atoms with Crippen LogP contribution in [0.3, 0.4) is 0 Å². The third-order valence-corrected chi connectivity index (χ3v) is 10.7. The van der Waals surface area contributed by atoms with Gasteiger partial charge in [-0.1, -0.05) is 39.8 Å². The number of aliphatic hydroxyl groups excluding tert-OH is 1. The Bertz CT molecular complexity index is 946. The number of carboxylic acid groups (broad SMARTS) is 1. The van der Waals surface area contributed by atoms with Crippen molar-refractivity contribution in [2.75, 3.05) is 0 Å². The first-order valence-corrected chi connectivity index (χ1v) is 13.2. The molecule has 34 heavy (non-hydrogen) atoms. The van der Waals surface area contributed by atoms with Crippen molar-refractivity contribution < 1.29 is 24.6 Å². The fraction of sp³-hybridized carbons (Fsp3) is 0.759. The van der Waals surface area contributed by atoms with Gasteiger partial charge in [0.25, 0.3) is 0 Å². The van der Waals surface area contributed by atoms with Gasteiger partial charge < -0.3 is 10.2 Å². The van der Waals surface area contributed by atoms with Crippen LogP contribution in [0.2, 0.25) is 0 Å². The standard InChI is InChI=1S/C29H42O5/c1-15(17(3)27(33)34)7-8-16(2)19-9-10-20-25-23(31)13-21-18(4)22(30)11-12-28(21,5)26(25)24(32)14-29(19,20)6/h16-21,23,31H,1,7-14H2,2-6H3,(H,33,34)/t16-,17+,18+,19-,20?,21?,23+,28+,29-/m1/s1. The number of allylic oxidation sites excluding steroid dienone is 1. The van der Waals surface area contributed by atoms with Crippen LogP contribution in [0.25, 0.3) is 0 Å². The SMILES string of the molecule is C=C(CC[C@@H](C)[C@H]1CCC2C3=C(C(=O)C[C@@]21C)[C@@]1(C)CCC(=O)[C@@H](C)C1C[C@@H]3O)[C@H](C)C(=O)O. The monoisotopic (exact) mass is 470 g/mol. The molecule has 2 N–H and O–H groups in total. The third kappa shape index (κ3) is 3.73. The molecule has 0 aromatic carbocycles. The second-order valence-corrected chi connectivity index (χ2v) is 12.4. The lowest BCUT2D eigenvalue weighted by molar-refractivity contribution is -0.140. The lowest BCUT2D eigenvalue weighted by atomic mass is 9.48. The van der Waals surface area contributed by atoms with Crippen molar-refractivity contribution in [3.05, 3.63) is 23.3 Å². The maximum atomic E-state index is 13.8. The molecule has 9 atom stereocenters. The van der Waals surface area contributed by atoms with Crippen LogP contribution in [0.15, 0.2) is 23.3 Å². The van der Waals surface area contributed by atoms with Crippen LogP contribution in [0.4, 0.5) is 0 Å². The van der Waals surface area contributed by atoms with Crippen molar-refractivity contribution >= 4 is 17.5 Å². The smallest absolute Gasteiger partial charge is 0.310 e. The minimum Gasteiger partial charge on any atom is -0.481 e. The van der Waals surface area contributed by atoms with Crippen LogP contribution in [-0.4, -0.2) is 33.9 Å². The van der Waals surface area contributed by atoms with Crippen LogP contribution in [0.1, 0.15) is 86.0 Å². The molecule has 0 bridgehead atoms. The van der Waals surface area contributed by atoms with Crippen molar-refractivity contribution in [2.24, 2.45) is 46.3 Å². The Labute approximate surface area is 204 Å². The zero-order chi connectivity index (χ0) is 25.2. The lowest BCUT2D eigenvalue weighted by Gasteiger charge is -2.55. The Morgan fingerprint density at radius 2 is 1.88 bits per heavy atom. The Balaban J connectivity index is 1.61. The first-order valence-electron chi connectivity index (χ1n) is 13.2. The maximum absolute atomic E-state index is 13.8. The second-order valence-electron chi connectivity index (χ2n) is 12.4. The molecule has 0 saturated heterocycles. The maximum Gasteiger partial charge on any atom is 0.310 e. The van der Waals surface area contributed by atoms with E-state index in [0.29, 0.717) is 43.9 Å². The minimum atomic E-state index is -0.834. The van der Waals surface area contributed by atoms with E-state index in [0.717, 1.165) is 36.0 Å². The van der Waals surface area contributed by atoms with E-state index < -0.39 is 18.0 Å². The van der Waals surface area contributed by atoms with Crippen LogP contribution in [0, 0.1) is 46.3 Å². The predicted octanol–water partition coefficient (Wildman–Crippen LogP) is 5.37. The normalized spacial score (nSPS) is 41.4. The summed E-state index contributed by atoms with van der Waals surface area (Å²) < 4.78 is 0. The molecule has 0 radical (unpaired) electrons. The number of aliphatic hydroxyl groups is 1. The van der Waals surface area contributed by atoms with Crippen molar-refractivity contribution in [3.63, 3.8) is 0 Å². The summed E-state index contributed by atoms with van der Waals surface area (Å²) in [4.78, 5) is 37.6. The summed E-state index contributed by atoms with van der Waals surface area (Å²) in [5.74, 6) is -0.0967. The number of aliphatic carboxylic acids is 1. The van der Waals surface area contributed by atoms with E-state index in [-0.39, 0.29) is 40.2 Å². The first-order chi connectivity index (χ1) is 15.8. The Morgan fingerprint density at radius 3 is 2.53 bits per heavy atom. The number of carbonyl (C=O) groups excluding carboxylic acids is 2. The average Bonchev–Trinajstić information content (AvgIpc) is 3.11. The van der Waals surface area contributed by atoms with Gasteiger partial charge in [0.05, 0.1) is 12.0 Å². The molecule has 4 rings (SSSR count). The molecule has 0 aliphatic heterocycles. The highest BCUT2D eigenvalue weighted by Crippen LogP contribution is 2.65. The minimum absolute atomic E-state index is 0.0363. The molecule has 2 unspecified atom stereocenters. The van der Waals surface area contributed by atoms with Crippen LogP contribution >= 0.6 is 0 Å². The van der Waals surface area contributed by atoms with Gasteiger partial charge in [-0.3, -0.25) is 14.4 Å². The third-order valence-electron chi connectivity index (χ3n) is 10.7. The van der Waals surface area contributed by atoms with Gasteiger partial charge in [-0.05, 0) is 80.1 Å². The molecule has 0 aromatic rings. The van der Waals surface area contributed by atoms with Gasteiger partial charge in [-0.15, -0.1) is 0 Å². The van der Waals surface area contributed by atoms with Gasteiger partial charge >= 0.3 is 5.97 Å². The molecule has 0 spiro atoms. The molecule has 0 heterocycles. The first kappa shape index (κ1) is 25.3. The molecule has 0 amide bonds. The fourth-order valence-corrected chi connectivity index (χ4v) is 8.50. The molecular weight excluding hydrogens is 428 g/mol. The molecule has 2 saturated carbocycles. The second kappa shape index (κ2) is 8.72. The van der Waals surface area contributed by atoms with E-state index in [1.54, 1.807) is 6.92 Å². The average molecular weight is 471 g/mol. The summed E-state index contributed by atoms with van der Waals surface area (Å²) in [7, 11) is 0. The van der Waals surface area contributed by atoms with E-state index in [4.69, 9.17) is 0 Å². The summed E-state index contributed by atoms with van der Waals surface area (Å²) in [5.41, 5.74) is 2.13. The summed E-state index contributed by atoms with van der Waals surface area (Å²) in [6, 6.07) is 0. The van der Waals surface area contributed by atoms with Crippen molar-refractivity contribution in [3.8, 4) is 0 Å². The van der Waals surface area contributed by atoms with E-state index >= 15 is 0 Å². The number of Topliss-reactive ketones (excluding diaryl/α,β-unsaturated/α-hetero) is 2. The number of rotatable bonds is 6. The van der Waals surface area contributed by atoms with Gasteiger partial charge in [0, 0.05) is 29.7 Å². The van der Waals surface area contributed by atoms with Crippen LogP contribution < -0.4 is 0 Å². The van der Waals surface area contributed by atoms with E-state index in [2.05, 4.69) is 27.4 Å². The van der Waals surface area contributed by atoms with Gasteiger partial charge in [0.15, 0.2) is 5.78 Å². The van der Waals surface area contributed by atoms with Gasteiger partial charge in [-0.25, -0.2) is 0 Å². The van der Waals surface area contributed by atoms with Crippen molar-refractivity contribution in [2.45, 2.75) is 92.1 Å². The van der Waals surface area contributed by atoms with Gasteiger partial charge in [0.1, 0.15) is 5.78 Å². The van der Waals surface area contributed by atoms with Crippen molar-refractivity contribution in [1.29, 1.82) is 0 Å². The molecule has 4 aliphatic carbocycles. The van der Waals surface area contributed by atoms with Crippen LogP contribution in [0.5, 0.6) is 0 Å². The fourth-order valence-electron chi connectivity index (χ4n) is 8.50. The highest BCUT2D eigenvalue weighted by Gasteiger charge is 2.61. The zero-order valence-electron chi connectivity index (χ0n) is 21.5. The molecule has 5 heteroatoms. The number of fused-ring (bicyclic) bond motifs is 4. The number of carboxylic acids is 1. The summed E-state index contributed by atoms with van der Waals surface area (Å²) in [6.45, 7) is 14.3. The number of carbonyl (C=O) groups is 3. The molecule has 0 aromatic heterocycles. The van der Waals surface area contributed by atoms with E-state index in [1.807, 2.05) is 6.92 Å². The molecule has 4 aliphatic rings. The Kier molecular flexibility index (Phi) is 6.50. The summed E-state index contributed by atoms with van der Waals surface area (Å²) in [6.07, 6.45) is 5.24. The lowest BCUT2D eigenvalue weighted by Crippen LogP contribution is -2.54. The van der Waals surface area contributed by atoms with Gasteiger partial charge in [0.2, 0.25) is 0 Å². The molecule has 5 nitrogen and oxygen atoms in total. The summed E-state index contributed by atoms with van der Waals surface area (Å²) in [5, 5.41) is 20.6. The number of hydrogen-bond donors (Lipinski definition) is 2. The van der Waals surface area contributed by atoms with Crippen molar-refractivity contribution in [1.82, 2.24) is 0 Å². The Hall–Kier alpha value is -1.75. The van der Waals surface area contributed by atoms with E-state index in [9.17, 15) is 24.6 Å². The van der Waals surface area contributed by atoms with Gasteiger partial charge in [-0.2, -0.15) is 0 Å². The quantitative estimate of drug-likeness (QED) is 0.509. The Morgan fingerprint density at radius 1 is 1.21 bits per heavy atom. The number of ketones is 2. The molecule has 188 valence electrons. The van der Waals surface area contributed by atoms with E-state index in [1.165, 1.54) is 0 Å². The predicted molar refractivity (Wildman–Crippen MR) is 131 cm³/mol. The molecule has 2 fully saturated rings. The number of hydrogen-bond acceptors (Lipinski definition) is 4. The topological polar surface area (TPSA) is 91.7 Å². The highest BCUT2D eigenvalue weighted by molar-refractivity contribution is 6.00. The summed E-state index contributed by atoms with van der Waals surface area (Å²) >= 11 is 0. The van der Waals surface area contributed by atoms with Crippen LogP contribution in [-0.2, 0) is 14.4 Å². The molecular formula is C29H42O5. The zero-order valence-corrected chi connectivity index (χ0v) is 21.5. The highest BCUT2D eigenvalue weighted by atomic mass is 16.4. The largest absolute Gasteiger partial charge is 0.481 e.